The van der Waals surface area contributed by atoms with Gasteiger partial charge in [0.15, 0.2) is 5.82 Å². The average molecular weight is 237 g/mol. The summed E-state index contributed by atoms with van der Waals surface area (Å²) in [6, 6.07) is 4.96. The molecule has 0 saturated carbocycles. The van der Waals surface area contributed by atoms with E-state index in [9.17, 15) is 5.11 Å². The number of aromatic hydroxyl groups is 1. The topological polar surface area (TPSA) is 71.0 Å². The van der Waals surface area contributed by atoms with Gasteiger partial charge in [0, 0.05) is 0 Å². The lowest BCUT2D eigenvalue weighted by molar-refractivity contribution is 0.412. The van der Waals surface area contributed by atoms with E-state index in [1.807, 2.05) is 6.26 Å². The van der Waals surface area contributed by atoms with Crippen LogP contribution in [0.3, 0.4) is 0 Å². The molecule has 2 rings (SSSR count). The molecule has 2 N–H and O–H groups in total. The quantitative estimate of drug-likeness (QED) is 0.798. The van der Waals surface area contributed by atoms with Crippen LogP contribution in [0.2, 0.25) is 0 Å². The fourth-order valence-electron chi connectivity index (χ4n) is 1.29. The number of aromatic amines is 1. The summed E-state index contributed by atoms with van der Waals surface area (Å²) >= 11 is 1.43. The van der Waals surface area contributed by atoms with Crippen molar-refractivity contribution >= 4 is 11.8 Å². The van der Waals surface area contributed by atoms with Gasteiger partial charge in [-0.2, -0.15) is 0 Å². The number of hydrogen-bond donors (Lipinski definition) is 2. The van der Waals surface area contributed by atoms with E-state index in [-0.39, 0.29) is 5.75 Å². The summed E-state index contributed by atoms with van der Waals surface area (Å²) in [6.45, 7) is 0. The maximum absolute atomic E-state index is 9.72. The van der Waals surface area contributed by atoms with Crippen molar-refractivity contribution in [3.05, 3.63) is 18.2 Å². The molecule has 6 heteroatoms. The molecule has 0 saturated heterocycles. The Labute approximate surface area is 96.9 Å². The predicted octanol–water partition coefficient (Wildman–Crippen LogP) is 1.91. The van der Waals surface area contributed by atoms with Gasteiger partial charge in [-0.3, -0.25) is 5.10 Å². The van der Waals surface area contributed by atoms with Gasteiger partial charge >= 0.3 is 0 Å². The van der Waals surface area contributed by atoms with Crippen LogP contribution in [0, 0.1) is 0 Å². The number of methoxy groups -OCH3 is 1. The van der Waals surface area contributed by atoms with Gasteiger partial charge in [0.1, 0.15) is 11.5 Å². The first-order chi connectivity index (χ1) is 7.74. The van der Waals surface area contributed by atoms with Crippen molar-refractivity contribution in [3.8, 4) is 22.9 Å². The summed E-state index contributed by atoms with van der Waals surface area (Å²) in [5.74, 6) is 1.33. The van der Waals surface area contributed by atoms with Crippen LogP contribution in [0.15, 0.2) is 23.4 Å². The lowest BCUT2D eigenvalue weighted by atomic mass is 10.2. The number of H-pyrrole nitrogens is 1. The Morgan fingerprint density at radius 2 is 2.25 bits per heavy atom. The van der Waals surface area contributed by atoms with Gasteiger partial charge in [-0.15, -0.1) is 5.10 Å². The molecule has 1 heterocycles. The standard InChI is InChI=1S/C10H11N3O2S/c1-15-6-3-4-8(14)7(5-6)9-11-10(16-2)13-12-9/h3-5,14H,1-2H3,(H,11,12,13). The van der Waals surface area contributed by atoms with E-state index in [1.165, 1.54) is 11.8 Å². The third kappa shape index (κ3) is 1.96. The normalized spacial score (nSPS) is 10.4. The lowest BCUT2D eigenvalue weighted by Crippen LogP contribution is -1.86. The Kier molecular flexibility index (Phi) is 3.00. The molecule has 1 aromatic carbocycles. The summed E-state index contributed by atoms with van der Waals surface area (Å²) in [6.07, 6.45) is 1.89. The number of nitrogens with one attached hydrogen (secondary N) is 1. The van der Waals surface area contributed by atoms with Crippen LogP contribution in [0.1, 0.15) is 0 Å². The van der Waals surface area contributed by atoms with Crippen molar-refractivity contribution in [1.29, 1.82) is 0 Å². The molecule has 0 aliphatic heterocycles. The van der Waals surface area contributed by atoms with E-state index >= 15 is 0 Å². The first-order valence-electron chi connectivity index (χ1n) is 4.58. The number of rotatable bonds is 3. The fourth-order valence-corrected chi connectivity index (χ4v) is 1.61. The first-order valence-corrected chi connectivity index (χ1v) is 5.81. The molecule has 84 valence electrons. The van der Waals surface area contributed by atoms with Crippen LogP contribution in [0.5, 0.6) is 11.5 Å². The van der Waals surface area contributed by atoms with Crippen molar-refractivity contribution in [2.45, 2.75) is 5.16 Å². The molecule has 0 fully saturated rings. The average Bonchev–Trinajstić information content (AvgIpc) is 2.78. The molecule has 0 atom stereocenters. The Morgan fingerprint density at radius 3 is 2.88 bits per heavy atom. The number of phenols is 1. The minimum absolute atomic E-state index is 0.143. The van der Waals surface area contributed by atoms with Crippen LogP contribution in [0.4, 0.5) is 0 Å². The second-order valence-electron chi connectivity index (χ2n) is 3.05. The van der Waals surface area contributed by atoms with Gasteiger partial charge < -0.3 is 9.84 Å². The third-order valence-corrected chi connectivity index (χ3v) is 2.65. The van der Waals surface area contributed by atoms with Crippen LogP contribution in [0.25, 0.3) is 11.4 Å². The van der Waals surface area contributed by atoms with E-state index in [1.54, 1.807) is 25.3 Å². The highest BCUT2D eigenvalue weighted by Crippen LogP contribution is 2.30. The van der Waals surface area contributed by atoms with Crippen LogP contribution >= 0.6 is 11.8 Å². The molecule has 1 aromatic heterocycles. The maximum Gasteiger partial charge on any atom is 0.208 e. The summed E-state index contributed by atoms with van der Waals surface area (Å²) < 4.78 is 5.09. The van der Waals surface area contributed by atoms with Gasteiger partial charge in [-0.25, -0.2) is 4.98 Å². The largest absolute Gasteiger partial charge is 0.507 e. The number of benzene rings is 1. The molecule has 5 nitrogen and oxygen atoms in total. The second kappa shape index (κ2) is 4.44. The van der Waals surface area contributed by atoms with Crippen molar-refractivity contribution in [2.24, 2.45) is 0 Å². The van der Waals surface area contributed by atoms with Gasteiger partial charge in [0.05, 0.1) is 12.7 Å². The highest BCUT2D eigenvalue weighted by molar-refractivity contribution is 7.98. The number of thioether (sulfide) groups is 1. The Morgan fingerprint density at radius 1 is 1.44 bits per heavy atom. The van der Waals surface area contributed by atoms with Crippen LogP contribution in [-0.4, -0.2) is 33.7 Å². The zero-order chi connectivity index (χ0) is 11.5. The summed E-state index contributed by atoms with van der Waals surface area (Å²) in [5.41, 5.74) is 0.576. The van der Waals surface area contributed by atoms with E-state index in [0.717, 1.165) is 0 Å². The van der Waals surface area contributed by atoms with Gasteiger partial charge in [0.25, 0.3) is 0 Å². The number of ether oxygens (including phenoxy) is 1. The molecule has 0 spiro atoms. The summed E-state index contributed by atoms with van der Waals surface area (Å²) in [4.78, 5) is 4.22. The first kappa shape index (κ1) is 10.8. The molecule has 0 unspecified atom stereocenters. The molecular weight excluding hydrogens is 226 g/mol. The fraction of sp³-hybridized carbons (Fsp3) is 0.200. The molecular formula is C10H11N3O2S. The van der Waals surface area contributed by atoms with E-state index in [0.29, 0.717) is 22.3 Å². The van der Waals surface area contributed by atoms with Crippen molar-refractivity contribution in [1.82, 2.24) is 15.2 Å². The molecule has 0 aliphatic carbocycles. The molecule has 0 radical (unpaired) electrons. The van der Waals surface area contributed by atoms with Crippen molar-refractivity contribution in [3.63, 3.8) is 0 Å². The number of nitrogens with zero attached hydrogens (tertiary/aromatic N) is 2. The Hall–Kier alpha value is -1.69. The Bertz CT molecular complexity index is 499. The lowest BCUT2D eigenvalue weighted by Gasteiger charge is -2.03. The Balaban J connectivity index is 2.45. The predicted molar refractivity (Wildman–Crippen MR) is 61.8 cm³/mol. The van der Waals surface area contributed by atoms with E-state index in [2.05, 4.69) is 15.2 Å². The number of aromatic nitrogens is 3. The molecule has 0 bridgehead atoms. The van der Waals surface area contributed by atoms with Crippen molar-refractivity contribution < 1.29 is 9.84 Å². The molecule has 0 amide bonds. The van der Waals surface area contributed by atoms with E-state index in [4.69, 9.17) is 4.74 Å². The van der Waals surface area contributed by atoms with Gasteiger partial charge in [-0.05, 0) is 24.5 Å². The molecule has 0 aliphatic rings. The van der Waals surface area contributed by atoms with Crippen LogP contribution in [-0.2, 0) is 0 Å². The minimum atomic E-state index is 0.143. The van der Waals surface area contributed by atoms with Crippen LogP contribution < -0.4 is 4.74 Å². The molecule has 16 heavy (non-hydrogen) atoms. The summed E-state index contributed by atoms with van der Waals surface area (Å²) in [5, 5.41) is 17.1. The van der Waals surface area contributed by atoms with Crippen molar-refractivity contribution in [2.75, 3.05) is 13.4 Å². The highest BCUT2D eigenvalue weighted by Gasteiger charge is 2.10. The summed E-state index contributed by atoms with van der Waals surface area (Å²) in [7, 11) is 1.57. The maximum atomic E-state index is 9.72. The van der Waals surface area contributed by atoms with E-state index < -0.39 is 0 Å². The second-order valence-corrected chi connectivity index (χ2v) is 3.83. The third-order valence-electron chi connectivity index (χ3n) is 2.11. The highest BCUT2D eigenvalue weighted by atomic mass is 32.2. The number of hydrogen-bond acceptors (Lipinski definition) is 5. The molecule has 2 aromatic rings. The smallest absolute Gasteiger partial charge is 0.208 e. The zero-order valence-corrected chi connectivity index (χ0v) is 9.71. The van der Waals surface area contributed by atoms with Gasteiger partial charge in [0.2, 0.25) is 5.16 Å². The SMILES string of the molecule is COc1ccc(O)c(-c2nc(SC)n[nH]2)c1. The minimum Gasteiger partial charge on any atom is -0.507 e. The monoisotopic (exact) mass is 237 g/mol. The van der Waals surface area contributed by atoms with Gasteiger partial charge in [-0.1, -0.05) is 11.8 Å². The zero-order valence-electron chi connectivity index (χ0n) is 8.89. The number of phenolic OH excluding ortho intramolecular Hbond substituents is 1.